The van der Waals surface area contributed by atoms with Gasteiger partial charge >= 0.3 is 0 Å². The molecule has 1 N–H and O–H groups in total. The van der Waals surface area contributed by atoms with Crippen molar-refractivity contribution in [3.05, 3.63) is 35.5 Å². The van der Waals surface area contributed by atoms with E-state index in [4.69, 9.17) is 5.11 Å². The molecular weight excluding hydrogens is 186 g/mol. The molecule has 0 aliphatic heterocycles. The van der Waals surface area contributed by atoms with Crippen LogP contribution in [-0.4, -0.2) is 16.3 Å². The lowest BCUT2D eigenvalue weighted by atomic mass is 10.1. The fraction of sp³-hybridized carbons (Fsp3) is 0.385. The van der Waals surface area contributed by atoms with Crippen LogP contribution in [0.1, 0.15) is 17.5 Å². The minimum absolute atomic E-state index is 0.254. The molecule has 80 valence electrons. The van der Waals surface area contributed by atoms with Crippen LogP contribution < -0.4 is 0 Å². The highest BCUT2D eigenvalue weighted by atomic mass is 16.3. The maximum Gasteiger partial charge on any atom is 0.0485 e. The Balaban J connectivity index is 2.49. The van der Waals surface area contributed by atoms with E-state index in [0.717, 1.165) is 13.0 Å². The fourth-order valence-electron chi connectivity index (χ4n) is 2.09. The van der Waals surface area contributed by atoms with Crippen molar-refractivity contribution in [2.75, 3.05) is 6.61 Å². The summed E-state index contributed by atoms with van der Waals surface area (Å²) in [6.45, 7) is 5.41. The van der Waals surface area contributed by atoms with E-state index in [-0.39, 0.29) is 6.61 Å². The molecule has 0 atom stereocenters. The van der Waals surface area contributed by atoms with E-state index in [1.807, 2.05) is 0 Å². The van der Waals surface area contributed by atoms with Gasteiger partial charge < -0.3 is 9.67 Å². The van der Waals surface area contributed by atoms with Crippen LogP contribution in [0.5, 0.6) is 0 Å². The average molecular weight is 203 g/mol. The van der Waals surface area contributed by atoms with Gasteiger partial charge in [0.1, 0.15) is 0 Å². The van der Waals surface area contributed by atoms with Crippen LogP contribution in [0.25, 0.3) is 10.9 Å². The van der Waals surface area contributed by atoms with Crippen LogP contribution in [0.3, 0.4) is 0 Å². The normalized spacial score (nSPS) is 11.1. The Morgan fingerprint density at radius 3 is 2.80 bits per heavy atom. The number of aliphatic hydroxyl groups is 1. The number of fused-ring (bicyclic) bond motifs is 1. The Bertz CT molecular complexity index is 471. The monoisotopic (exact) mass is 203 g/mol. The molecule has 2 rings (SSSR count). The molecule has 1 aromatic carbocycles. The molecule has 2 nitrogen and oxygen atoms in total. The van der Waals surface area contributed by atoms with Gasteiger partial charge in [-0.25, -0.2) is 0 Å². The van der Waals surface area contributed by atoms with Crippen LogP contribution in [-0.2, 0) is 6.54 Å². The van der Waals surface area contributed by atoms with Gasteiger partial charge in [0.05, 0.1) is 0 Å². The zero-order chi connectivity index (χ0) is 10.8. The number of hydrogen-bond acceptors (Lipinski definition) is 1. The number of benzene rings is 1. The molecule has 15 heavy (non-hydrogen) atoms. The first kappa shape index (κ1) is 10.2. The average Bonchev–Trinajstić information content (AvgIpc) is 2.58. The number of aromatic nitrogens is 1. The highest BCUT2D eigenvalue weighted by molar-refractivity contribution is 5.84. The first-order chi connectivity index (χ1) is 7.22. The summed E-state index contributed by atoms with van der Waals surface area (Å²) in [4.78, 5) is 0. The van der Waals surface area contributed by atoms with Gasteiger partial charge in [-0.3, -0.25) is 0 Å². The van der Waals surface area contributed by atoms with E-state index in [9.17, 15) is 0 Å². The van der Waals surface area contributed by atoms with Gasteiger partial charge in [0.2, 0.25) is 0 Å². The largest absolute Gasteiger partial charge is 0.396 e. The summed E-state index contributed by atoms with van der Waals surface area (Å²) in [5.41, 5.74) is 3.90. The summed E-state index contributed by atoms with van der Waals surface area (Å²) in [5, 5.41) is 10.2. The fourth-order valence-corrected chi connectivity index (χ4v) is 2.09. The van der Waals surface area contributed by atoms with Crippen LogP contribution in [0.2, 0.25) is 0 Å². The third-order valence-electron chi connectivity index (χ3n) is 2.80. The van der Waals surface area contributed by atoms with Gasteiger partial charge in [-0.15, -0.1) is 0 Å². The molecule has 0 bridgehead atoms. The topological polar surface area (TPSA) is 25.2 Å². The minimum atomic E-state index is 0.254. The molecular formula is C13H17NO. The summed E-state index contributed by atoms with van der Waals surface area (Å²) < 4.78 is 2.21. The number of aryl methyl sites for hydroxylation is 3. The van der Waals surface area contributed by atoms with Crippen molar-refractivity contribution >= 4 is 10.9 Å². The molecule has 0 aliphatic carbocycles. The SMILES string of the molecule is Cc1cc(C)c2ccn(CCCO)c2c1. The van der Waals surface area contributed by atoms with Crippen molar-refractivity contribution in [2.24, 2.45) is 0 Å². The molecule has 1 heterocycles. The van der Waals surface area contributed by atoms with Crippen molar-refractivity contribution in [1.82, 2.24) is 4.57 Å². The lowest BCUT2D eigenvalue weighted by Gasteiger charge is -2.06. The summed E-state index contributed by atoms with van der Waals surface area (Å²) in [6.07, 6.45) is 2.92. The second kappa shape index (κ2) is 4.07. The molecule has 0 radical (unpaired) electrons. The summed E-state index contributed by atoms with van der Waals surface area (Å²) in [7, 11) is 0. The Morgan fingerprint density at radius 2 is 2.07 bits per heavy atom. The Hall–Kier alpha value is -1.28. The second-order valence-electron chi connectivity index (χ2n) is 4.10. The van der Waals surface area contributed by atoms with E-state index >= 15 is 0 Å². The van der Waals surface area contributed by atoms with E-state index in [0.29, 0.717) is 0 Å². The highest BCUT2D eigenvalue weighted by Gasteiger charge is 2.03. The summed E-state index contributed by atoms with van der Waals surface area (Å²) in [5.74, 6) is 0. The number of nitrogens with zero attached hydrogens (tertiary/aromatic N) is 1. The van der Waals surface area contributed by atoms with Gasteiger partial charge in [0, 0.05) is 30.3 Å². The molecule has 0 amide bonds. The van der Waals surface area contributed by atoms with E-state index in [1.165, 1.54) is 22.0 Å². The molecule has 0 saturated carbocycles. The van der Waals surface area contributed by atoms with Crippen LogP contribution >= 0.6 is 0 Å². The number of rotatable bonds is 3. The molecule has 1 aromatic heterocycles. The number of aliphatic hydroxyl groups excluding tert-OH is 1. The zero-order valence-electron chi connectivity index (χ0n) is 9.33. The van der Waals surface area contributed by atoms with Crippen LogP contribution in [0.4, 0.5) is 0 Å². The van der Waals surface area contributed by atoms with Crippen molar-refractivity contribution in [3.8, 4) is 0 Å². The molecule has 2 aromatic rings. The van der Waals surface area contributed by atoms with E-state index in [2.05, 4.69) is 42.8 Å². The van der Waals surface area contributed by atoms with Crippen molar-refractivity contribution in [3.63, 3.8) is 0 Å². The standard InChI is InChI=1S/C13H17NO/c1-10-8-11(2)12-4-6-14(5-3-7-15)13(12)9-10/h4,6,8-9,15H,3,5,7H2,1-2H3. The maximum absolute atomic E-state index is 8.83. The van der Waals surface area contributed by atoms with Gasteiger partial charge in [-0.05, 0) is 43.5 Å². The second-order valence-corrected chi connectivity index (χ2v) is 4.10. The first-order valence-corrected chi connectivity index (χ1v) is 5.39. The Kier molecular flexibility index (Phi) is 2.78. The zero-order valence-corrected chi connectivity index (χ0v) is 9.33. The maximum atomic E-state index is 8.83. The molecule has 2 heteroatoms. The van der Waals surface area contributed by atoms with Crippen molar-refractivity contribution in [2.45, 2.75) is 26.8 Å². The summed E-state index contributed by atoms with van der Waals surface area (Å²) >= 11 is 0. The predicted molar refractivity (Wildman–Crippen MR) is 63.1 cm³/mol. The van der Waals surface area contributed by atoms with Gasteiger partial charge in [-0.1, -0.05) is 6.07 Å². The molecule has 0 saturated heterocycles. The molecule has 0 spiro atoms. The first-order valence-electron chi connectivity index (χ1n) is 5.39. The number of hydrogen-bond donors (Lipinski definition) is 1. The Morgan fingerprint density at radius 1 is 1.27 bits per heavy atom. The van der Waals surface area contributed by atoms with Gasteiger partial charge in [-0.2, -0.15) is 0 Å². The Labute approximate surface area is 90.2 Å². The minimum Gasteiger partial charge on any atom is -0.396 e. The molecule has 0 aliphatic rings. The van der Waals surface area contributed by atoms with E-state index < -0.39 is 0 Å². The highest BCUT2D eigenvalue weighted by Crippen LogP contribution is 2.21. The van der Waals surface area contributed by atoms with Crippen molar-refractivity contribution < 1.29 is 5.11 Å². The van der Waals surface area contributed by atoms with Crippen molar-refractivity contribution in [1.29, 1.82) is 0 Å². The van der Waals surface area contributed by atoms with E-state index in [1.54, 1.807) is 0 Å². The molecule has 0 fully saturated rings. The third-order valence-corrected chi connectivity index (χ3v) is 2.80. The lowest BCUT2D eigenvalue weighted by molar-refractivity contribution is 0.280. The van der Waals surface area contributed by atoms with Crippen LogP contribution in [0, 0.1) is 13.8 Å². The van der Waals surface area contributed by atoms with Gasteiger partial charge in [0.25, 0.3) is 0 Å². The summed E-state index contributed by atoms with van der Waals surface area (Å²) in [6, 6.07) is 6.57. The van der Waals surface area contributed by atoms with Gasteiger partial charge in [0.15, 0.2) is 0 Å². The molecule has 0 unspecified atom stereocenters. The smallest absolute Gasteiger partial charge is 0.0485 e. The lowest BCUT2D eigenvalue weighted by Crippen LogP contribution is -1.98. The predicted octanol–water partition coefficient (Wildman–Crippen LogP) is 2.64. The third kappa shape index (κ3) is 1.90. The van der Waals surface area contributed by atoms with Crippen LogP contribution in [0.15, 0.2) is 24.4 Å². The quantitative estimate of drug-likeness (QED) is 0.815.